The maximum Gasteiger partial charge on any atom is 0.201 e. The fourth-order valence-electron chi connectivity index (χ4n) is 2.62. The van der Waals surface area contributed by atoms with Gasteiger partial charge in [0.25, 0.3) is 0 Å². The Morgan fingerprint density at radius 1 is 0.792 bits per heavy atom. The van der Waals surface area contributed by atoms with Crippen LogP contribution in [-0.2, 0) is 6.42 Å². The van der Waals surface area contributed by atoms with Crippen LogP contribution in [0.15, 0.2) is 36.4 Å². The molecule has 2 aromatic rings. The van der Waals surface area contributed by atoms with E-state index in [2.05, 4.69) is 6.92 Å². The second-order valence-corrected chi connectivity index (χ2v) is 6.10. The van der Waals surface area contributed by atoms with Gasteiger partial charge in [-0.2, -0.15) is 4.39 Å². The molecule has 130 valence electrons. The predicted molar refractivity (Wildman–Crippen MR) is 95.4 cm³/mol. The molecular weight excluding hydrogens is 306 g/mol. The zero-order valence-corrected chi connectivity index (χ0v) is 14.6. The quantitative estimate of drug-likeness (QED) is 0.473. The molecule has 2 rings (SSSR count). The van der Waals surface area contributed by atoms with E-state index in [0.717, 1.165) is 25.7 Å². The monoisotopic (exact) mass is 332 g/mol. The number of benzene rings is 2. The first-order chi connectivity index (χ1) is 11.7. The van der Waals surface area contributed by atoms with Crippen molar-refractivity contribution < 1.29 is 13.5 Å². The molecule has 0 amide bonds. The highest BCUT2D eigenvalue weighted by atomic mass is 19.2. The average molecular weight is 332 g/mol. The Morgan fingerprint density at radius 3 is 2.17 bits per heavy atom. The molecule has 0 heterocycles. The molecule has 0 fully saturated rings. The van der Waals surface area contributed by atoms with Crippen LogP contribution in [0.2, 0.25) is 0 Å². The normalized spacial score (nSPS) is 10.8. The molecule has 0 saturated heterocycles. The van der Waals surface area contributed by atoms with E-state index in [1.54, 1.807) is 6.07 Å². The molecule has 0 aliphatic carbocycles. The van der Waals surface area contributed by atoms with E-state index >= 15 is 0 Å². The maximum atomic E-state index is 14.4. The highest BCUT2D eigenvalue weighted by molar-refractivity contribution is 5.65. The zero-order valence-electron chi connectivity index (χ0n) is 14.6. The molecule has 24 heavy (non-hydrogen) atoms. The third-order valence-electron chi connectivity index (χ3n) is 4.14. The number of unbranched alkanes of at least 4 members (excludes halogenated alkanes) is 3. The molecular formula is C21H26F2O. The Hall–Kier alpha value is -1.90. The Bertz CT molecular complexity index is 635. The summed E-state index contributed by atoms with van der Waals surface area (Å²) >= 11 is 0. The summed E-state index contributed by atoms with van der Waals surface area (Å²) in [7, 11) is 0. The third kappa shape index (κ3) is 4.80. The van der Waals surface area contributed by atoms with Crippen LogP contribution in [0.25, 0.3) is 11.1 Å². The minimum absolute atomic E-state index is 0.0131. The van der Waals surface area contributed by atoms with Crippen LogP contribution in [0.1, 0.15) is 51.5 Å². The largest absolute Gasteiger partial charge is 0.490 e. The molecule has 0 atom stereocenters. The Kier molecular flexibility index (Phi) is 7.23. The van der Waals surface area contributed by atoms with E-state index in [9.17, 15) is 8.78 Å². The number of halogens is 2. The molecule has 0 aliphatic heterocycles. The Labute approximate surface area is 143 Å². The molecule has 0 radical (unpaired) electrons. The molecule has 2 aromatic carbocycles. The van der Waals surface area contributed by atoms with Gasteiger partial charge in [-0.25, -0.2) is 4.39 Å². The fourth-order valence-corrected chi connectivity index (χ4v) is 2.62. The van der Waals surface area contributed by atoms with Crippen LogP contribution >= 0.6 is 0 Å². The number of hydrogen-bond acceptors (Lipinski definition) is 1. The van der Waals surface area contributed by atoms with Crippen LogP contribution in [0, 0.1) is 11.6 Å². The van der Waals surface area contributed by atoms with E-state index in [4.69, 9.17) is 4.74 Å². The minimum atomic E-state index is -0.907. The van der Waals surface area contributed by atoms with Gasteiger partial charge in [0.2, 0.25) is 5.82 Å². The molecule has 3 heteroatoms. The van der Waals surface area contributed by atoms with E-state index in [1.165, 1.54) is 24.5 Å². The van der Waals surface area contributed by atoms with Crippen molar-refractivity contribution in [2.75, 3.05) is 6.61 Å². The molecule has 0 aliphatic rings. The summed E-state index contributed by atoms with van der Waals surface area (Å²) in [4.78, 5) is 0. The van der Waals surface area contributed by atoms with E-state index in [-0.39, 0.29) is 11.3 Å². The smallest absolute Gasteiger partial charge is 0.201 e. The van der Waals surface area contributed by atoms with Gasteiger partial charge in [0.1, 0.15) is 0 Å². The molecule has 0 bridgehead atoms. The third-order valence-corrected chi connectivity index (χ3v) is 4.14. The van der Waals surface area contributed by atoms with Crippen molar-refractivity contribution in [2.24, 2.45) is 0 Å². The van der Waals surface area contributed by atoms with Crippen molar-refractivity contribution in [1.82, 2.24) is 0 Å². The highest BCUT2D eigenvalue weighted by Gasteiger charge is 2.15. The van der Waals surface area contributed by atoms with Crippen LogP contribution < -0.4 is 4.74 Å². The molecule has 1 nitrogen and oxygen atoms in total. The van der Waals surface area contributed by atoms with E-state index in [0.29, 0.717) is 12.2 Å². The molecule has 0 N–H and O–H groups in total. The average Bonchev–Trinajstić information content (AvgIpc) is 2.60. The summed E-state index contributed by atoms with van der Waals surface area (Å²) in [5, 5.41) is 0. The van der Waals surface area contributed by atoms with Gasteiger partial charge in [-0.3, -0.25) is 0 Å². The fraction of sp³-hybridized carbons (Fsp3) is 0.429. The van der Waals surface area contributed by atoms with Crippen LogP contribution in [0.5, 0.6) is 5.75 Å². The standard InChI is InChI=1S/C21H26F2O/c1-3-5-7-8-16-9-11-17(12-10-16)18-13-14-19(21(23)20(18)22)24-15-6-4-2/h9-14H,3-8,15H2,1-2H3. The van der Waals surface area contributed by atoms with Crippen LogP contribution in [0.4, 0.5) is 8.78 Å². The first-order valence-electron chi connectivity index (χ1n) is 8.87. The highest BCUT2D eigenvalue weighted by Crippen LogP contribution is 2.30. The second-order valence-electron chi connectivity index (χ2n) is 6.10. The predicted octanol–water partition coefficient (Wildman–Crippen LogP) is 6.54. The summed E-state index contributed by atoms with van der Waals surface area (Å²) in [6.45, 7) is 4.60. The van der Waals surface area contributed by atoms with E-state index in [1.807, 2.05) is 31.2 Å². The zero-order chi connectivity index (χ0) is 17.4. The Morgan fingerprint density at radius 2 is 1.50 bits per heavy atom. The van der Waals surface area contributed by atoms with Gasteiger partial charge < -0.3 is 4.74 Å². The van der Waals surface area contributed by atoms with Crippen molar-refractivity contribution in [2.45, 2.75) is 52.4 Å². The maximum absolute atomic E-state index is 14.4. The summed E-state index contributed by atoms with van der Waals surface area (Å²) in [5.41, 5.74) is 2.19. The number of ether oxygens (including phenoxy) is 1. The van der Waals surface area contributed by atoms with Crippen molar-refractivity contribution in [3.8, 4) is 16.9 Å². The minimum Gasteiger partial charge on any atom is -0.490 e. The first-order valence-corrected chi connectivity index (χ1v) is 8.87. The summed E-state index contributed by atoms with van der Waals surface area (Å²) < 4.78 is 33.8. The molecule has 0 spiro atoms. The summed E-state index contributed by atoms with van der Waals surface area (Å²) in [6.07, 6.45) is 6.35. The Balaban J connectivity index is 2.12. The molecule has 0 unspecified atom stereocenters. The lowest BCUT2D eigenvalue weighted by Crippen LogP contribution is -2.01. The lowest BCUT2D eigenvalue weighted by molar-refractivity contribution is 0.289. The van der Waals surface area contributed by atoms with Crippen LogP contribution in [0.3, 0.4) is 0 Å². The van der Waals surface area contributed by atoms with Gasteiger partial charge in [-0.1, -0.05) is 57.4 Å². The number of hydrogen-bond donors (Lipinski definition) is 0. The van der Waals surface area contributed by atoms with Gasteiger partial charge in [0.15, 0.2) is 11.6 Å². The molecule has 0 saturated carbocycles. The van der Waals surface area contributed by atoms with Gasteiger partial charge in [0, 0.05) is 5.56 Å². The van der Waals surface area contributed by atoms with Crippen LogP contribution in [-0.4, -0.2) is 6.61 Å². The van der Waals surface area contributed by atoms with Crippen molar-refractivity contribution in [3.05, 3.63) is 53.6 Å². The van der Waals surface area contributed by atoms with Gasteiger partial charge >= 0.3 is 0 Å². The summed E-state index contributed by atoms with van der Waals surface area (Å²) in [6, 6.07) is 10.8. The van der Waals surface area contributed by atoms with Gasteiger partial charge in [-0.15, -0.1) is 0 Å². The lowest BCUT2D eigenvalue weighted by atomic mass is 10.0. The van der Waals surface area contributed by atoms with Crippen molar-refractivity contribution in [3.63, 3.8) is 0 Å². The SMILES string of the molecule is CCCCCc1ccc(-c2ccc(OCCCC)c(F)c2F)cc1. The van der Waals surface area contributed by atoms with Gasteiger partial charge in [0.05, 0.1) is 6.61 Å². The lowest BCUT2D eigenvalue weighted by Gasteiger charge is -2.10. The first kappa shape index (κ1) is 18.4. The van der Waals surface area contributed by atoms with Gasteiger partial charge in [-0.05, 0) is 42.5 Å². The molecule has 0 aromatic heterocycles. The van der Waals surface area contributed by atoms with E-state index < -0.39 is 11.6 Å². The number of aryl methyl sites for hydroxylation is 1. The summed E-state index contributed by atoms with van der Waals surface area (Å²) in [5.74, 6) is -1.76. The topological polar surface area (TPSA) is 9.23 Å². The second kappa shape index (κ2) is 9.41. The van der Waals surface area contributed by atoms with Crippen molar-refractivity contribution in [1.29, 1.82) is 0 Å². The van der Waals surface area contributed by atoms with Crippen molar-refractivity contribution >= 4 is 0 Å². The number of rotatable bonds is 9.